The predicted octanol–water partition coefficient (Wildman–Crippen LogP) is -2.23. The number of amides is 1. The summed E-state index contributed by atoms with van der Waals surface area (Å²) in [6.07, 6.45) is 0.677. The topological polar surface area (TPSA) is 32.8 Å². The molecule has 1 fully saturated rings. The number of rotatable bonds is 7. The standard InChI is InChI=1S/C14H29FN3O2.HI/c1-13(12-16-7-10-20-11-8-16)14(19)17(15)6-5-9-18(2,3)4;/h13H,5-12H2,1-4H3;1H/q+1;/p-1. The SMILES string of the molecule is CC(CN1CCOCC1)C(=O)N(F)CCC[N+](C)(C)C.[I-]. The third-order valence-corrected chi connectivity index (χ3v) is 3.48. The van der Waals surface area contributed by atoms with Crippen molar-refractivity contribution in [2.75, 3.05) is 67.1 Å². The van der Waals surface area contributed by atoms with Crippen molar-refractivity contribution >= 4 is 5.91 Å². The summed E-state index contributed by atoms with van der Waals surface area (Å²) >= 11 is 0. The van der Waals surface area contributed by atoms with Gasteiger partial charge < -0.3 is 33.2 Å². The maximum absolute atomic E-state index is 13.8. The molecule has 1 aliphatic rings. The predicted molar refractivity (Wildman–Crippen MR) is 76.8 cm³/mol. The Kier molecular flexibility index (Phi) is 9.92. The van der Waals surface area contributed by atoms with Gasteiger partial charge in [0.05, 0.1) is 53.4 Å². The zero-order chi connectivity index (χ0) is 15.2. The second kappa shape index (κ2) is 9.91. The van der Waals surface area contributed by atoms with Crippen molar-refractivity contribution in [3.63, 3.8) is 0 Å². The minimum atomic E-state index is -0.405. The fraction of sp³-hybridized carbons (Fsp3) is 0.929. The highest BCUT2D eigenvalue weighted by Gasteiger charge is 2.24. The molecule has 7 heteroatoms. The van der Waals surface area contributed by atoms with Gasteiger partial charge in [0, 0.05) is 26.1 Å². The van der Waals surface area contributed by atoms with Gasteiger partial charge in [-0.3, -0.25) is 9.69 Å². The molecule has 0 aromatic heterocycles. The molecule has 0 saturated carbocycles. The molecule has 1 aliphatic heterocycles. The molecule has 0 aliphatic carbocycles. The van der Waals surface area contributed by atoms with Gasteiger partial charge in [0.15, 0.2) is 0 Å². The zero-order valence-electron chi connectivity index (χ0n) is 13.6. The number of carbonyl (C=O) groups is 1. The van der Waals surface area contributed by atoms with Gasteiger partial charge in [-0.1, -0.05) is 11.4 Å². The molecule has 1 heterocycles. The largest absolute Gasteiger partial charge is 1.00 e. The van der Waals surface area contributed by atoms with Crippen LogP contribution in [0.4, 0.5) is 4.48 Å². The van der Waals surface area contributed by atoms with Crippen molar-refractivity contribution in [2.24, 2.45) is 5.92 Å². The summed E-state index contributed by atoms with van der Waals surface area (Å²) < 4.78 is 19.9. The van der Waals surface area contributed by atoms with Gasteiger partial charge in [0.1, 0.15) is 0 Å². The van der Waals surface area contributed by atoms with Crippen molar-refractivity contribution in [3.05, 3.63) is 0 Å². The smallest absolute Gasteiger partial charge is 0.254 e. The Bertz CT molecular complexity index is 307. The maximum atomic E-state index is 13.8. The molecule has 0 bridgehead atoms. The normalized spacial score (nSPS) is 18.0. The molecule has 0 N–H and O–H groups in total. The van der Waals surface area contributed by atoms with Crippen LogP contribution in [0.3, 0.4) is 0 Å². The number of carbonyl (C=O) groups excluding carboxylic acids is 1. The lowest BCUT2D eigenvalue weighted by atomic mass is 10.1. The lowest BCUT2D eigenvalue weighted by molar-refractivity contribution is -0.870. The van der Waals surface area contributed by atoms with E-state index in [0.717, 1.165) is 24.1 Å². The van der Waals surface area contributed by atoms with Gasteiger partial charge in [-0.2, -0.15) is 5.12 Å². The maximum Gasteiger partial charge on any atom is 0.254 e. The van der Waals surface area contributed by atoms with E-state index < -0.39 is 5.91 Å². The molecule has 126 valence electrons. The van der Waals surface area contributed by atoms with Crippen LogP contribution >= 0.6 is 0 Å². The number of nitrogens with zero attached hydrogens (tertiary/aromatic N) is 3. The van der Waals surface area contributed by atoms with Crippen LogP contribution in [0.1, 0.15) is 13.3 Å². The molecule has 1 atom stereocenters. The summed E-state index contributed by atoms with van der Waals surface area (Å²) in [4.78, 5) is 14.1. The van der Waals surface area contributed by atoms with E-state index >= 15 is 0 Å². The first-order valence-electron chi connectivity index (χ1n) is 7.37. The molecule has 0 aromatic carbocycles. The van der Waals surface area contributed by atoms with Gasteiger partial charge in [-0.05, 0) is 0 Å². The number of morpholine rings is 1. The summed E-state index contributed by atoms with van der Waals surface area (Å²) in [5.74, 6) is -0.708. The first-order valence-corrected chi connectivity index (χ1v) is 7.37. The molecule has 1 saturated heterocycles. The van der Waals surface area contributed by atoms with E-state index in [4.69, 9.17) is 4.74 Å². The van der Waals surface area contributed by atoms with Gasteiger partial charge in [-0.15, -0.1) is 0 Å². The fourth-order valence-electron chi connectivity index (χ4n) is 2.28. The molecule has 5 nitrogen and oxygen atoms in total. The molecule has 21 heavy (non-hydrogen) atoms. The van der Waals surface area contributed by atoms with E-state index in [2.05, 4.69) is 26.0 Å². The average molecular weight is 417 g/mol. The van der Waals surface area contributed by atoms with E-state index in [1.807, 2.05) is 0 Å². The fourth-order valence-corrected chi connectivity index (χ4v) is 2.28. The Morgan fingerprint density at radius 2 is 1.90 bits per heavy atom. The quantitative estimate of drug-likeness (QED) is 0.267. The van der Waals surface area contributed by atoms with Gasteiger partial charge >= 0.3 is 0 Å². The molecular weight excluding hydrogens is 388 g/mol. The first-order chi connectivity index (χ1) is 9.29. The number of hydrogen-bond donors (Lipinski definition) is 0. The van der Waals surface area contributed by atoms with E-state index in [1.54, 1.807) is 6.92 Å². The highest BCUT2D eigenvalue weighted by Crippen LogP contribution is 2.09. The Hall–Kier alpha value is 0.01000. The van der Waals surface area contributed by atoms with Crippen LogP contribution in [0.15, 0.2) is 0 Å². The van der Waals surface area contributed by atoms with Crippen LogP contribution in [-0.4, -0.2) is 87.5 Å². The Labute approximate surface area is 144 Å². The minimum absolute atomic E-state index is 0. The van der Waals surface area contributed by atoms with Crippen molar-refractivity contribution in [1.82, 2.24) is 10.0 Å². The Morgan fingerprint density at radius 3 is 2.43 bits per heavy atom. The summed E-state index contributed by atoms with van der Waals surface area (Å²) in [7, 11) is 6.18. The Balaban J connectivity index is 0.00000400. The third-order valence-electron chi connectivity index (χ3n) is 3.48. The zero-order valence-corrected chi connectivity index (χ0v) is 15.8. The molecule has 0 spiro atoms. The minimum Gasteiger partial charge on any atom is -1.00 e. The molecular formula is C14H29FIN3O2. The number of ether oxygens (including phenoxy) is 1. The van der Waals surface area contributed by atoms with Gasteiger partial charge in [0.25, 0.3) is 5.91 Å². The highest BCUT2D eigenvalue weighted by atomic mass is 127. The van der Waals surface area contributed by atoms with Crippen LogP contribution in [0.2, 0.25) is 0 Å². The lowest BCUT2D eigenvalue weighted by Crippen LogP contribution is -3.00. The van der Waals surface area contributed by atoms with Crippen LogP contribution < -0.4 is 24.0 Å². The second-order valence-electron chi connectivity index (χ2n) is 6.61. The van der Waals surface area contributed by atoms with Gasteiger partial charge in [-0.25, -0.2) is 0 Å². The van der Waals surface area contributed by atoms with Crippen molar-refractivity contribution in [1.29, 1.82) is 0 Å². The highest BCUT2D eigenvalue weighted by molar-refractivity contribution is 5.77. The summed E-state index contributed by atoms with van der Waals surface area (Å²) in [5, 5.41) is 0.390. The van der Waals surface area contributed by atoms with E-state index in [1.165, 1.54) is 0 Å². The van der Waals surface area contributed by atoms with Crippen molar-refractivity contribution in [3.8, 4) is 0 Å². The van der Waals surface area contributed by atoms with Crippen LogP contribution in [-0.2, 0) is 9.53 Å². The third kappa shape index (κ3) is 8.90. The Morgan fingerprint density at radius 1 is 1.33 bits per heavy atom. The van der Waals surface area contributed by atoms with Crippen LogP contribution in [0.5, 0.6) is 0 Å². The molecule has 0 radical (unpaired) electrons. The van der Waals surface area contributed by atoms with Crippen LogP contribution in [0, 0.1) is 5.92 Å². The summed E-state index contributed by atoms with van der Waals surface area (Å²) in [6, 6.07) is 0. The number of hydrogen-bond acceptors (Lipinski definition) is 3. The molecule has 1 rings (SSSR count). The number of halogens is 2. The number of quaternary nitrogens is 1. The summed E-state index contributed by atoms with van der Waals surface area (Å²) in [5.41, 5.74) is 0. The van der Waals surface area contributed by atoms with Crippen molar-refractivity contribution in [2.45, 2.75) is 13.3 Å². The van der Waals surface area contributed by atoms with Gasteiger partial charge in [0.2, 0.25) is 0 Å². The van der Waals surface area contributed by atoms with E-state index in [-0.39, 0.29) is 36.4 Å². The van der Waals surface area contributed by atoms with E-state index in [0.29, 0.717) is 31.3 Å². The first kappa shape index (κ1) is 21.0. The average Bonchev–Trinajstić information content (AvgIpc) is 2.37. The molecule has 1 amide bonds. The van der Waals surface area contributed by atoms with E-state index in [9.17, 15) is 9.28 Å². The summed E-state index contributed by atoms with van der Waals surface area (Å²) in [6.45, 7) is 6.49. The molecule has 0 aromatic rings. The second-order valence-corrected chi connectivity index (χ2v) is 6.61. The monoisotopic (exact) mass is 417 g/mol. The lowest BCUT2D eigenvalue weighted by Gasteiger charge is -2.29. The molecule has 1 unspecified atom stereocenters. The van der Waals surface area contributed by atoms with Crippen LogP contribution in [0.25, 0.3) is 0 Å². The van der Waals surface area contributed by atoms with Crippen molar-refractivity contribution < 1.29 is 42.5 Å².